The molecule has 0 saturated heterocycles. The van der Waals surface area contributed by atoms with Gasteiger partial charge in [-0.3, -0.25) is 0 Å². The standard InChI is InChI=1S/C16H15Cl2N3/c1-19-8-12-10-21(16-13(12)5-3-7-20-16)9-11-4-2-6-14(17)15(11)18/h2-7,10,19H,8-9H2,1H3. The molecule has 2 heterocycles. The molecule has 5 heteroatoms. The fourth-order valence-electron chi connectivity index (χ4n) is 2.50. The molecule has 0 amide bonds. The van der Waals surface area contributed by atoms with Gasteiger partial charge in [-0.15, -0.1) is 0 Å². The molecular weight excluding hydrogens is 305 g/mol. The van der Waals surface area contributed by atoms with E-state index in [2.05, 4.69) is 27.1 Å². The lowest BCUT2D eigenvalue weighted by Gasteiger charge is -2.08. The number of nitrogens with zero attached hydrogens (tertiary/aromatic N) is 2. The minimum absolute atomic E-state index is 0.578. The molecule has 1 aromatic carbocycles. The van der Waals surface area contributed by atoms with Gasteiger partial charge in [-0.25, -0.2) is 4.98 Å². The Morgan fingerprint density at radius 3 is 2.81 bits per heavy atom. The summed E-state index contributed by atoms with van der Waals surface area (Å²) >= 11 is 12.4. The zero-order valence-corrected chi connectivity index (χ0v) is 13.1. The van der Waals surface area contributed by atoms with Crippen LogP contribution in [0.3, 0.4) is 0 Å². The first-order chi connectivity index (χ1) is 10.2. The van der Waals surface area contributed by atoms with Gasteiger partial charge in [0.2, 0.25) is 0 Å². The molecule has 3 nitrogen and oxygen atoms in total. The summed E-state index contributed by atoms with van der Waals surface area (Å²) in [4.78, 5) is 4.49. The molecule has 0 spiro atoms. The molecule has 0 bridgehead atoms. The maximum atomic E-state index is 6.28. The smallest absolute Gasteiger partial charge is 0.140 e. The van der Waals surface area contributed by atoms with E-state index in [1.54, 1.807) is 6.07 Å². The molecule has 0 aliphatic carbocycles. The van der Waals surface area contributed by atoms with Gasteiger partial charge in [0.15, 0.2) is 0 Å². The lowest BCUT2D eigenvalue weighted by atomic mass is 10.2. The Balaban J connectivity index is 2.06. The van der Waals surface area contributed by atoms with Crippen LogP contribution in [0.5, 0.6) is 0 Å². The first kappa shape index (κ1) is 14.4. The fraction of sp³-hybridized carbons (Fsp3) is 0.188. The fourth-order valence-corrected chi connectivity index (χ4v) is 2.88. The Morgan fingerprint density at radius 2 is 2.00 bits per heavy atom. The third kappa shape index (κ3) is 2.77. The lowest BCUT2D eigenvalue weighted by molar-refractivity contribution is 0.792. The zero-order valence-electron chi connectivity index (χ0n) is 11.6. The van der Waals surface area contributed by atoms with Crippen molar-refractivity contribution in [2.24, 2.45) is 0 Å². The normalized spacial score (nSPS) is 11.2. The predicted octanol–water partition coefficient (Wildman–Crippen LogP) is 4.11. The van der Waals surface area contributed by atoms with E-state index in [9.17, 15) is 0 Å². The number of aromatic nitrogens is 2. The Labute approximate surface area is 133 Å². The number of rotatable bonds is 4. The second-order valence-corrected chi connectivity index (χ2v) is 5.69. The molecule has 2 aromatic heterocycles. The van der Waals surface area contributed by atoms with Crippen LogP contribution in [0.4, 0.5) is 0 Å². The van der Waals surface area contributed by atoms with Gasteiger partial charge in [-0.05, 0) is 36.4 Å². The van der Waals surface area contributed by atoms with Crippen molar-refractivity contribution >= 4 is 34.2 Å². The topological polar surface area (TPSA) is 29.9 Å². The number of pyridine rings is 1. The molecule has 0 unspecified atom stereocenters. The van der Waals surface area contributed by atoms with Gasteiger partial charge < -0.3 is 9.88 Å². The minimum atomic E-state index is 0.578. The average molecular weight is 320 g/mol. The van der Waals surface area contributed by atoms with Crippen LogP contribution in [-0.2, 0) is 13.1 Å². The highest BCUT2D eigenvalue weighted by Gasteiger charge is 2.11. The quantitative estimate of drug-likeness (QED) is 0.784. The summed E-state index contributed by atoms with van der Waals surface area (Å²) in [6, 6.07) is 9.74. The highest BCUT2D eigenvalue weighted by Crippen LogP contribution is 2.28. The summed E-state index contributed by atoms with van der Waals surface area (Å²) in [6.45, 7) is 1.45. The molecule has 0 fully saturated rings. The maximum absolute atomic E-state index is 6.28. The van der Waals surface area contributed by atoms with Crippen molar-refractivity contribution in [1.82, 2.24) is 14.9 Å². The Bertz CT molecular complexity index is 780. The van der Waals surface area contributed by atoms with Gasteiger partial charge in [-0.1, -0.05) is 35.3 Å². The van der Waals surface area contributed by atoms with Gasteiger partial charge in [-0.2, -0.15) is 0 Å². The first-order valence-corrected chi connectivity index (χ1v) is 7.46. The minimum Gasteiger partial charge on any atom is -0.328 e. The molecular formula is C16H15Cl2N3. The van der Waals surface area contributed by atoms with E-state index in [4.69, 9.17) is 23.2 Å². The maximum Gasteiger partial charge on any atom is 0.140 e. The van der Waals surface area contributed by atoms with Crippen LogP contribution < -0.4 is 5.32 Å². The zero-order chi connectivity index (χ0) is 14.8. The number of hydrogen-bond donors (Lipinski definition) is 1. The van der Waals surface area contributed by atoms with Crippen LogP contribution in [-0.4, -0.2) is 16.6 Å². The van der Waals surface area contributed by atoms with E-state index in [1.807, 2.05) is 31.4 Å². The summed E-state index contributed by atoms with van der Waals surface area (Å²) in [5, 5.41) is 5.52. The molecule has 108 valence electrons. The highest BCUT2D eigenvalue weighted by molar-refractivity contribution is 6.42. The van der Waals surface area contributed by atoms with Crippen LogP contribution in [0.25, 0.3) is 11.0 Å². The monoisotopic (exact) mass is 319 g/mol. The van der Waals surface area contributed by atoms with Crippen LogP contribution >= 0.6 is 23.2 Å². The molecule has 1 N–H and O–H groups in total. The van der Waals surface area contributed by atoms with Crippen molar-refractivity contribution in [3.05, 3.63) is 63.9 Å². The highest BCUT2D eigenvalue weighted by atomic mass is 35.5. The predicted molar refractivity (Wildman–Crippen MR) is 88.1 cm³/mol. The summed E-state index contributed by atoms with van der Waals surface area (Å²) in [5.74, 6) is 0. The van der Waals surface area contributed by atoms with Crippen molar-refractivity contribution in [3.63, 3.8) is 0 Å². The molecule has 0 saturated carbocycles. The molecule has 21 heavy (non-hydrogen) atoms. The lowest BCUT2D eigenvalue weighted by Crippen LogP contribution is -2.04. The van der Waals surface area contributed by atoms with E-state index in [0.717, 1.165) is 23.1 Å². The van der Waals surface area contributed by atoms with Crippen molar-refractivity contribution in [3.8, 4) is 0 Å². The molecule has 0 aliphatic rings. The summed E-state index contributed by atoms with van der Waals surface area (Å²) in [5.41, 5.74) is 3.17. The Hall–Kier alpha value is -1.55. The molecule has 3 aromatic rings. The number of fused-ring (bicyclic) bond motifs is 1. The summed E-state index contributed by atoms with van der Waals surface area (Å²) in [7, 11) is 1.94. The summed E-state index contributed by atoms with van der Waals surface area (Å²) in [6.07, 6.45) is 3.92. The van der Waals surface area contributed by atoms with E-state index in [-0.39, 0.29) is 0 Å². The van der Waals surface area contributed by atoms with E-state index >= 15 is 0 Å². The van der Waals surface area contributed by atoms with Crippen LogP contribution in [0.15, 0.2) is 42.7 Å². The van der Waals surface area contributed by atoms with Gasteiger partial charge in [0.25, 0.3) is 0 Å². The van der Waals surface area contributed by atoms with Gasteiger partial charge in [0.05, 0.1) is 16.6 Å². The van der Waals surface area contributed by atoms with E-state index in [1.165, 1.54) is 5.56 Å². The Morgan fingerprint density at radius 1 is 1.14 bits per heavy atom. The average Bonchev–Trinajstić information content (AvgIpc) is 2.83. The van der Waals surface area contributed by atoms with Gasteiger partial charge >= 0.3 is 0 Å². The van der Waals surface area contributed by atoms with Gasteiger partial charge in [0.1, 0.15) is 5.65 Å². The number of nitrogens with one attached hydrogen (secondary N) is 1. The molecule has 0 aliphatic heterocycles. The van der Waals surface area contributed by atoms with Crippen molar-refractivity contribution in [2.75, 3.05) is 7.05 Å². The number of halogens is 2. The van der Waals surface area contributed by atoms with Crippen molar-refractivity contribution in [1.29, 1.82) is 0 Å². The largest absolute Gasteiger partial charge is 0.328 e. The first-order valence-electron chi connectivity index (χ1n) is 6.71. The third-order valence-corrected chi connectivity index (χ3v) is 4.31. The van der Waals surface area contributed by atoms with E-state index in [0.29, 0.717) is 16.6 Å². The number of benzene rings is 1. The van der Waals surface area contributed by atoms with Crippen molar-refractivity contribution < 1.29 is 0 Å². The second kappa shape index (κ2) is 6.06. The Kier molecular flexibility index (Phi) is 4.15. The van der Waals surface area contributed by atoms with E-state index < -0.39 is 0 Å². The second-order valence-electron chi connectivity index (χ2n) is 4.90. The number of hydrogen-bond acceptors (Lipinski definition) is 2. The SMILES string of the molecule is CNCc1cn(Cc2cccc(Cl)c2Cl)c2ncccc12. The molecule has 3 rings (SSSR count). The van der Waals surface area contributed by atoms with Crippen LogP contribution in [0, 0.1) is 0 Å². The molecule has 0 atom stereocenters. The van der Waals surface area contributed by atoms with Gasteiger partial charge in [0, 0.05) is 24.3 Å². The van der Waals surface area contributed by atoms with Crippen LogP contribution in [0.2, 0.25) is 10.0 Å². The third-order valence-electron chi connectivity index (χ3n) is 3.46. The summed E-state index contributed by atoms with van der Waals surface area (Å²) < 4.78 is 2.11. The molecule has 0 radical (unpaired) electrons. The van der Waals surface area contributed by atoms with Crippen LogP contribution in [0.1, 0.15) is 11.1 Å². The van der Waals surface area contributed by atoms with Crippen molar-refractivity contribution in [2.45, 2.75) is 13.1 Å².